The fourth-order valence-electron chi connectivity index (χ4n) is 9.41. The smallest absolute Gasteiger partial charge is 0.177 e. The van der Waals surface area contributed by atoms with E-state index in [1.54, 1.807) is 11.8 Å². The number of halogens is 3. The van der Waals surface area contributed by atoms with Crippen LogP contribution in [0.4, 0.5) is 0 Å². The van der Waals surface area contributed by atoms with Crippen molar-refractivity contribution in [1.82, 2.24) is 4.98 Å². The van der Waals surface area contributed by atoms with Crippen LogP contribution >= 0.6 is 55.2 Å². The molecule has 3 aromatic rings. The van der Waals surface area contributed by atoms with Gasteiger partial charge in [-0.3, -0.25) is 0 Å². The average Bonchev–Trinajstić information content (AvgIpc) is 3.64. The Morgan fingerprint density at radius 2 is 1.30 bits per heavy atom. The monoisotopic (exact) mass is 878 g/mol. The number of ether oxygens (including phenoxy) is 1. The summed E-state index contributed by atoms with van der Waals surface area (Å²) < 4.78 is 9.71. The van der Waals surface area contributed by atoms with E-state index in [0.29, 0.717) is 35.5 Å². The van der Waals surface area contributed by atoms with Crippen molar-refractivity contribution in [2.24, 2.45) is 34.6 Å². The van der Waals surface area contributed by atoms with Crippen molar-refractivity contribution in [2.75, 3.05) is 0 Å². The van der Waals surface area contributed by atoms with Crippen molar-refractivity contribution < 1.29 is 4.74 Å². The van der Waals surface area contributed by atoms with E-state index < -0.39 is 0 Å². The Bertz CT molecular complexity index is 1870. The SMILES string of the molecule is CC1CCCCC1C1=N/C(=C(/Oc2ccc(C(C)(C)C)cc2)c2[nH]c(C3CCCCC3C)c(Br)c2Sc2ccc(Cl)cc2)C(C2CCCCC2C)=C1Br. The molecule has 53 heavy (non-hydrogen) atoms. The second kappa shape index (κ2) is 16.8. The molecule has 3 nitrogen and oxygen atoms in total. The van der Waals surface area contributed by atoms with Crippen molar-refractivity contribution in [2.45, 2.75) is 140 Å². The van der Waals surface area contributed by atoms with Crippen LogP contribution in [0.1, 0.15) is 141 Å². The van der Waals surface area contributed by atoms with Gasteiger partial charge in [0, 0.05) is 37.5 Å². The van der Waals surface area contributed by atoms with Crippen LogP contribution in [0.5, 0.6) is 5.75 Å². The number of rotatable bonds is 8. The Hall–Kier alpha value is -1.73. The fraction of sp³-hybridized carbons (Fsp3) is 0.543. The van der Waals surface area contributed by atoms with E-state index in [9.17, 15) is 0 Å². The number of hydrogen-bond donors (Lipinski definition) is 1. The molecule has 0 amide bonds. The number of benzene rings is 2. The third-order valence-electron chi connectivity index (χ3n) is 12.7. The van der Waals surface area contributed by atoms with Crippen molar-refractivity contribution in [1.29, 1.82) is 0 Å². The molecule has 0 saturated heterocycles. The molecule has 2 heterocycles. The van der Waals surface area contributed by atoms with Gasteiger partial charge in [0.1, 0.15) is 11.4 Å². The highest BCUT2D eigenvalue weighted by Gasteiger charge is 2.41. The van der Waals surface area contributed by atoms with E-state index in [4.69, 9.17) is 21.3 Å². The van der Waals surface area contributed by atoms with Crippen LogP contribution in [-0.4, -0.2) is 10.7 Å². The molecule has 1 aliphatic heterocycles. The van der Waals surface area contributed by atoms with Gasteiger partial charge in [-0.1, -0.05) is 135 Å². The van der Waals surface area contributed by atoms with Gasteiger partial charge in [-0.25, -0.2) is 4.99 Å². The maximum absolute atomic E-state index is 7.33. The zero-order valence-electron chi connectivity index (χ0n) is 32.5. The lowest BCUT2D eigenvalue weighted by molar-refractivity contribution is 0.295. The van der Waals surface area contributed by atoms with Crippen LogP contribution in [0.25, 0.3) is 5.76 Å². The highest BCUT2D eigenvalue weighted by atomic mass is 79.9. The molecule has 6 atom stereocenters. The first-order valence-electron chi connectivity index (χ1n) is 20.3. The molecule has 3 fully saturated rings. The molecule has 1 aromatic heterocycles. The molecule has 7 rings (SSSR count). The van der Waals surface area contributed by atoms with Crippen LogP contribution in [0.2, 0.25) is 5.02 Å². The van der Waals surface area contributed by atoms with Crippen LogP contribution in [0, 0.1) is 29.6 Å². The number of aromatic amines is 1. The van der Waals surface area contributed by atoms with Crippen LogP contribution in [0.15, 0.2) is 83.5 Å². The van der Waals surface area contributed by atoms with Crippen molar-refractivity contribution in [3.8, 4) is 5.75 Å². The van der Waals surface area contributed by atoms with Gasteiger partial charge in [-0.2, -0.15) is 0 Å². The second-order valence-electron chi connectivity index (χ2n) is 17.5. The maximum Gasteiger partial charge on any atom is 0.177 e. The number of nitrogens with one attached hydrogen (secondary N) is 1. The van der Waals surface area contributed by atoms with Crippen LogP contribution in [0.3, 0.4) is 0 Å². The highest BCUT2D eigenvalue weighted by Crippen LogP contribution is 2.52. The molecule has 4 aliphatic rings. The minimum atomic E-state index is 0.0529. The number of hydrogen-bond acceptors (Lipinski definition) is 3. The topological polar surface area (TPSA) is 37.4 Å². The molecule has 0 bridgehead atoms. The molecule has 3 aliphatic carbocycles. The van der Waals surface area contributed by atoms with E-state index in [1.165, 1.54) is 104 Å². The Kier molecular flexibility index (Phi) is 12.5. The molecule has 0 radical (unpaired) electrons. The van der Waals surface area contributed by atoms with Gasteiger partial charge in [0.15, 0.2) is 5.76 Å². The number of allylic oxidation sites excluding steroid dienone is 2. The average molecular weight is 881 g/mol. The summed E-state index contributed by atoms with van der Waals surface area (Å²) in [5.41, 5.74) is 7.25. The van der Waals surface area contributed by atoms with Crippen LogP contribution in [-0.2, 0) is 5.41 Å². The minimum absolute atomic E-state index is 0.0529. The van der Waals surface area contributed by atoms with Crippen molar-refractivity contribution >= 4 is 66.7 Å². The van der Waals surface area contributed by atoms with Gasteiger partial charge in [-0.05, 0) is 122 Å². The Morgan fingerprint density at radius 3 is 1.87 bits per heavy atom. The van der Waals surface area contributed by atoms with Crippen LogP contribution < -0.4 is 4.74 Å². The second-order valence-corrected chi connectivity index (χ2v) is 20.6. The lowest BCUT2D eigenvalue weighted by Gasteiger charge is -2.31. The molecule has 7 heteroatoms. The van der Waals surface area contributed by atoms with Gasteiger partial charge in [-0.15, -0.1) is 0 Å². The minimum Gasteiger partial charge on any atom is -0.453 e. The first-order valence-corrected chi connectivity index (χ1v) is 23.1. The molecule has 1 N–H and O–H groups in total. The summed E-state index contributed by atoms with van der Waals surface area (Å²) in [6.07, 6.45) is 15.0. The molecule has 3 saturated carbocycles. The zero-order chi connectivity index (χ0) is 37.4. The molecule has 6 unspecified atom stereocenters. The Labute approximate surface area is 344 Å². The number of aromatic nitrogens is 1. The molecular weight excluding hydrogens is 824 g/mol. The summed E-state index contributed by atoms with van der Waals surface area (Å²) in [7, 11) is 0. The highest BCUT2D eigenvalue weighted by molar-refractivity contribution is 9.12. The van der Waals surface area contributed by atoms with E-state index >= 15 is 0 Å². The molecule has 2 aromatic carbocycles. The normalized spacial score (nSPS) is 27.9. The third-order valence-corrected chi connectivity index (χ3v) is 16.0. The standard InChI is InChI=1S/C46H57Br2ClN2OS/c1-27-13-7-10-16-34(27)37-38(47)40(35-17-11-8-14-28(35)2)50-42(37)44(52-32-23-19-30(20-24-32)46(4,5)6)43-45(53-33-25-21-31(49)22-26-33)39(48)41(51-43)36-18-12-9-15-29(36)3/h19-29,34-36,51H,7-18H2,1-6H3/b44-42+. The Morgan fingerprint density at radius 1 is 0.755 bits per heavy atom. The summed E-state index contributed by atoms with van der Waals surface area (Å²) >= 11 is 16.7. The van der Waals surface area contributed by atoms with Gasteiger partial charge < -0.3 is 9.72 Å². The zero-order valence-corrected chi connectivity index (χ0v) is 37.2. The lowest BCUT2D eigenvalue weighted by atomic mass is 9.74. The predicted octanol–water partition coefficient (Wildman–Crippen LogP) is 15.7. The van der Waals surface area contributed by atoms with Gasteiger partial charge in [0.05, 0.1) is 20.8 Å². The van der Waals surface area contributed by atoms with Gasteiger partial charge in [0.2, 0.25) is 0 Å². The van der Waals surface area contributed by atoms with Gasteiger partial charge >= 0.3 is 0 Å². The lowest BCUT2D eigenvalue weighted by Crippen LogP contribution is -2.25. The van der Waals surface area contributed by atoms with E-state index in [1.807, 2.05) is 12.1 Å². The molecule has 284 valence electrons. The predicted molar refractivity (Wildman–Crippen MR) is 233 cm³/mol. The molecular formula is C46H57Br2ClN2OS. The third kappa shape index (κ3) is 8.52. The van der Waals surface area contributed by atoms with E-state index in [2.05, 4.69) is 115 Å². The van der Waals surface area contributed by atoms with Gasteiger partial charge in [0.25, 0.3) is 0 Å². The summed E-state index contributed by atoms with van der Waals surface area (Å²) in [6, 6.07) is 17.0. The summed E-state index contributed by atoms with van der Waals surface area (Å²) in [4.78, 5) is 12.2. The Balaban J connectivity index is 1.48. The van der Waals surface area contributed by atoms with Crippen molar-refractivity contribution in [3.05, 3.63) is 90.7 Å². The first-order chi connectivity index (χ1) is 25.4. The van der Waals surface area contributed by atoms with E-state index in [-0.39, 0.29) is 5.41 Å². The fourth-order valence-corrected chi connectivity index (χ4v) is 12.2. The van der Waals surface area contributed by atoms with E-state index in [0.717, 1.165) is 42.2 Å². The summed E-state index contributed by atoms with van der Waals surface area (Å²) in [5, 5.41) is 0.746. The summed E-state index contributed by atoms with van der Waals surface area (Å²) in [5.74, 6) is 4.74. The largest absolute Gasteiger partial charge is 0.453 e. The maximum atomic E-state index is 7.33. The number of H-pyrrole nitrogens is 1. The summed E-state index contributed by atoms with van der Waals surface area (Å²) in [6.45, 7) is 14.1. The molecule has 0 spiro atoms. The number of aliphatic imine (C=N–C) groups is 1. The number of nitrogens with zero attached hydrogens (tertiary/aromatic N) is 1. The first kappa shape index (κ1) is 39.5. The van der Waals surface area contributed by atoms with Crippen molar-refractivity contribution in [3.63, 3.8) is 0 Å². The quantitative estimate of drug-likeness (QED) is 0.229.